The first kappa shape index (κ1) is 25.1. The molecule has 5 rings (SSSR count). The molecule has 0 unspecified atom stereocenters. The van der Waals surface area contributed by atoms with Crippen molar-refractivity contribution in [1.82, 2.24) is 5.32 Å². The van der Waals surface area contributed by atoms with Crippen molar-refractivity contribution in [2.75, 3.05) is 41.1 Å². The summed E-state index contributed by atoms with van der Waals surface area (Å²) in [6.45, 7) is 0.917. The molecule has 9 nitrogen and oxygen atoms in total. The fourth-order valence-corrected chi connectivity index (χ4v) is 5.62. The summed E-state index contributed by atoms with van der Waals surface area (Å²) < 4.78 is 28.0. The number of esters is 1. The van der Waals surface area contributed by atoms with Crippen molar-refractivity contribution in [2.24, 2.45) is 0 Å². The van der Waals surface area contributed by atoms with E-state index < -0.39 is 5.97 Å². The van der Waals surface area contributed by atoms with E-state index in [0.717, 1.165) is 25.9 Å². The predicted molar refractivity (Wildman–Crippen MR) is 137 cm³/mol. The standard InChI is InChI=1S/C13H11NO4S.C12H11NO3S/c1-16-8-3-4-10-9(7-8)11(18-6-5-14)12(19-10)13(15)17-2;1-15-7-2-3-9-8(6-7)10-11(17-9)12(14)13-4-5-16-10/h3-4,7H,6H2,1-2H3;2-3,6H,4-5H2,1H3,(H,13,14). The summed E-state index contributed by atoms with van der Waals surface area (Å²) in [7, 11) is 4.49. The van der Waals surface area contributed by atoms with Crippen LogP contribution in [0.15, 0.2) is 36.4 Å². The molecule has 186 valence electrons. The molecule has 1 N–H and O–H groups in total. The van der Waals surface area contributed by atoms with Crippen molar-refractivity contribution in [3.05, 3.63) is 46.2 Å². The lowest BCUT2D eigenvalue weighted by molar-refractivity contribution is 0.0602. The summed E-state index contributed by atoms with van der Waals surface area (Å²) in [6, 6.07) is 13.0. The molecular formula is C25H22N2O7S2. The number of fused-ring (bicyclic) bond motifs is 4. The van der Waals surface area contributed by atoms with E-state index in [4.69, 9.17) is 28.9 Å². The van der Waals surface area contributed by atoms with Crippen LogP contribution in [-0.4, -0.2) is 53.0 Å². The lowest BCUT2D eigenvalue weighted by Crippen LogP contribution is -2.23. The van der Waals surface area contributed by atoms with Gasteiger partial charge in [-0.05, 0) is 36.4 Å². The van der Waals surface area contributed by atoms with Gasteiger partial charge in [-0.3, -0.25) is 4.79 Å². The van der Waals surface area contributed by atoms with Gasteiger partial charge in [0.05, 0.1) is 27.9 Å². The van der Waals surface area contributed by atoms with Crippen LogP contribution >= 0.6 is 22.7 Å². The topological polar surface area (TPSA) is 116 Å². The van der Waals surface area contributed by atoms with Gasteiger partial charge in [0.15, 0.2) is 23.0 Å². The molecule has 1 aliphatic heterocycles. The molecule has 0 saturated carbocycles. The average Bonchev–Trinajstić information content (AvgIpc) is 3.40. The number of nitriles is 1. The first-order valence-electron chi connectivity index (χ1n) is 10.7. The number of carbonyl (C=O) groups excluding carboxylic acids is 2. The summed E-state index contributed by atoms with van der Waals surface area (Å²) in [5.41, 5.74) is 0. The molecule has 2 aromatic carbocycles. The first-order valence-corrected chi connectivity index (χ1v) is 12.3. The van der Waals surface area contributed by atoms with E-state index in [0.29, 0.717) is 40.2 Å². The monoisotopic (exact) mass is 526 g/mol. The smallest absolute Gasteiger partial charge is 0.351 e. The Bertz CT molecular complexity index is 1470. The van der Waals surface area contributed by atoms with E-state index in [1.165, 1.54) is 29.8 Å². The van der Waals surface area contributed by atoms with Crippen LogP contribution in [0.3, 0.4) is 0 Å². The summed E-state index contributed by atoms with van der Waals surface area (Å²) in [6.07, 6.45) is 0. The van der Waals surface area contributed by atoms with Gasteiger partial charge in [-0.15, -0.1) is 22.7 Å². The van der Waals surface area contributed by atoms with Gasteiger partial charge in [0, 0.05) is 20.2 Å². The van der Waals surface area contributed by atoms with Crippen molar-refractivity contribution in [3.63, 3.8) is 0 Å². The Morgan fingerprint density at radius 3 is 2.36 bits per heavy atom. The molecule has 0 bridgehead atoms. The van der Waals surface area contributed by atoms with Gasteiger partial charge >= 0.3 is 5.97 Å². The van der Waals surface area contributed by atoms with Crippen LogP contribution in [0.25, 0.3) is 20.2 Å². The van der Waals surface area contributed by atoms with Gasteiger partial charge in [-0.1, -0.05) is 0 Å². The quantitative estimate of drug-likeness (QED) is 0.374. The second-order valence-electron chi connectivity index (χ2n) is 7.29. The molecular weight excluding hydrogens is 504 g/mol. The highest BCUT2D eigenvalue weighted by Crippen LogP contribution is 2.41. The lowest BCUT2D eigenvalue weighted by Gasteiger charge is -2.04. The number of rotatable bonds is 5. The van der Waals surface area contributed by atoms with Gasteiger partial charge in [-0.2, -0.15) is 5.26 Å². The normalized spacial score (nSPS) is 12.2. The molecule has 0 atom stereocenters. The maximum Gasteiger partial charge on any atom is 0.351 e. The number of benzene rings is 2. The minimum atomic E-state index is -0.479. The molecule has 36 heavy (non-hydrogen) atoms. The van der Waals surface area contributed by atoms with Gasteiger partial charge in [0.1, 0.15) is 29.1 Å². The van der Waals surface area contributed by atoms with Gasteiger partial charge < -0.3 is 29.0 Å². The Hall–Kier alpha value is -4.01. The molecule has 1 amide bonds. The number of methoxy groups -OCH3 is 3. The molecule has 2 aromatic heterocycles. The van der Waals surface area contributed by atoms with Crippen LogP contribution in [0.2, 0.25) is 0 Å². The van der Waals surface area contributed by atoms with Gasteiger partial charge in [-0.25, -0.2) is 4.79 Å². The third kappa shape index (κ3) is 5.00. The van der Waals surface area contributed by atoms with Crippen molar-refractivity contribution in [3.8, 4) is 29.1 Å². The van der Waals surface area contributed by atoms with Crippen LogP contribution in [0.5, 0.6) is 23.0 Å². The SMILES string of the molecule is COC(=O)c1sc2ccc(OC)cc2c1OCC#N.COc1ccc2sc3c(c2c1)OCCNC3=O. The molecule has 11 heteroatoms. The summed E-state index contributed by atoms with van der Waals surface area (Å²) in [4.78, 5) is 24.5. The number of carbonyl (C=O) groups is 2. The van der Waals surface area contributed by atoms with Crippen molar-refractivity contribution < 1.29 is 33.3 Å². The van der Waals surface area contributed by atoms with Crippen LogP contribution in [-0.2, 0) is 4.74 Å². The number of amides is 1. The van der Waals surface area contributed by atoms with Crippen molar-refractivity contribution in [1.29, 1.82) is 5.26 Å². The van der Waals surface area contributed by atoms with E-state index in [2.05, 4.69) is 5.32 Å². The summed E-state index contributed by atoms with van der Waals surface area (Å²) in [5.74, 6) is 1.94. The Morgan fingerprint density at radius 1 is 1.06 bits per heavy atom. The molecule has 4 aromatic rings. The number of nitrogens with zero attached hydrogens (tertiary/aromatic N) is 1. The Morgan fingerprint density at radius 2 is 1.72 bits per heavy atom. The average molecular weight is 527 g/mol. The highest BCUT2D eigenvalue weighted by Gasteiger charge is 2.23. The van der Waals surface area contributed by atoms with E-state index in [1.54, 1.807) is 26.4 Å². The largest absolute Gasteiger partial charge is 0.497 e. The fourth-order valence-electron chi connectivity index (χ4n) is 3.53. The van der Waals surface area contributed by atoms with Crippen LogP contribution in [0.4, 0.5) is 0 Å². The Labute approximate surface area is 214 Å². The number of hydrogen-bond donors (Lipinski definition) is 1. The molecule has 0 radical (unpaired) electrons. The number of thiophene rings is 2. The predicted octanol–water partition coefficient (Wildman–Crippen LogP) is 4.63. The number of ether oxygens (including phenoxy) is 5. The van der Waals surface area contributed by atoms with Gasteiger partial charge in [0.25, 0.3) is 5.91 Å². The minimum Gasteiger partial charge on any atom is -0.497 e. The Kier molecular flexibility index (Phi) is 7.77. The fraction of sp³-hybridized carbons (Fsp3) is 0.240. The zero-order chi connectivity index (χ0) is 25.7. The van der Waals surface area contributed by atoms with Crippen LogP contribution in [0.1, 0.15) is 19.3 Å². The second-order valence-corrected chi connectivity index (χ2v) is 9.39. The van der Waals surface area contributed by atoms with Crippen molar-refractivity contribution in [2.45, 2.75) is 0 Å². The summed E-state index contributed by atoms with van der Waals surface area (Å²) >= 11 is 2.71. The lowest BCUT2D eigenvalue weighted by atomic mass is 10.2. The second kappa shape index (κ2) is 11.2. The number of nitrogens with one attached hydrogen (secondary N) is 1. The summed E-state index contributed by atoms with van der Waals surface area (Å²) in [5, 5.41) is 13.1. The zero-order valence-corrected chi connectivity index (χ0v) is 21.3. The molecule has 1 aliphatic rings. The van der Waals surface area contributed by atoms with E-state index in [1.807, 2.05) is 30.3 Å². The molecule has 3 heterocycles. The molecule has 0 fully saturated rings. The van der Waals surface area contributed by atoms with Crippen LogP contribution < -0.4 is 24.3 Å². The highest BCUT2D eigenvalue weighted by molar-refractivity contribution is 7.21. The van der Waals surface area contributed by atoms with E-state index in [9.17, 15) is 9.59 Å². The highest BCUT2D eigenvalue weighted by atomic mass is 32.1. The van der Waals surface area contributed by atoms with E-state index in [-0.39, 0.29) is 12.5 Å². The third-order valence-electron chi connectivity index (χ3n) is 5.19. The van der Waals surface area contributed by atoms with Crippen LogP contribution in [0, 0.1) is 11.3 Å². The maximum atomic E-state index is 11.8. The maximum absolute atomic E-state index is 11.8. The molecule has 0 spiro atoms. The zero-order valence-electron chi connectivity index (χ0n) is 19.7. The molecule has 0 saturated heterocycles. The minimum absolute atomic E-state index is 0.0577. The third-order valence-corrected chi connectivity index (χ3v) is 7.47. The molecule has 0 aliphatic carbocycles. The van der Waals surface area contributed by atoms with Crippen molar-refractivity contribution >= 4 is 54.7 Å². The first-order chi connectivity index (χ1) is 17.5. The van der Waals surface area contributed by atoms with Gasteiger partial charge in [0.2, 0.25) is 0 Å². The number of hydrogen-bond acceptors (Lipinski definition) is 10. The van der Waals surface area contributed by atoms with E-state index >= 15 is 0 Å². The Balaban J connectivity index is 0.000000170.